The van der Waals surface area contributed by atoms with Crippen LogP contribution in [0, 0.1) is 0 Å². The molecule has 0 saturated heterocycles. The maximum absolute atomic E-state index is 11.6. The van der Waals surface area contributed by atoms with Gasteiger partial charge in [-0.2, -0.15) is 0 Å². The quantitative estimate of drug-likeness (QED) is 0.472. The Kier molecular flexibility index (Phi) is 9.80. The van der Waals surface area contributed by atoms with Gasteiger partial charge in [0.15, 0.2) is 0 Å². The standard InChI is InChI=1S/C14H25NO4/c1-5-8-12(11-15(6-2)7-3)19-14(17)10-9-13(16)18-4/h9-10,12H,5-8,11H2,1-4H3. The second-order valence-electron chi connectivity index (χ2n) is 4.19. The van der Waals surface area contributed by atoms with Crippen LogP contribution >= 0.6 is 0 Å². The van der Waals surface area contributed by atoms with Gasteiger partial charge in [-0.1, -0.05) is 27.2 Å². The average Bonchev–Trinajstić information content (AvgIpc) is 2.42. The van der Waals surface area contributed by atoms with Crippen molar-refractivity contribution in [2.75, 3.05) is 26.7 Å². The van der Waals surface area contributed by atoms with Crippen molar-refractivity contribution in [2.45, 2.75) is 39.7 Å². The Morgan fingerprint density at radius 2 is 1.68 bits per heavy atom. The maximum Gasteiger partial charge on any atom is 0.331 e. The van der Waals surface area contributed by atoms with E-state index in [4.69, 9.17) is 4.74 Å². The van der Waals surface area contributed by atoms with Crippen LogP contribution in [0.3, 0.4) is 0 Å². The number of esters is 2. The molecule has 0 aromatic rings. The van der Waals surface area contributed by atoms with Crippen LogP contribution in [-0.2, 0) is 19.1 Å². The molecule has 0 heterocycles. The van der Waals surface area contributed by atoms with E-state index in [9.17, 15) is 9.59 Å². The molecule has 1 unspecified atom stereocenters. The van der Waals surface area contributed by atoms with Gasteiger partial charge in [0, 0.05) is 18.7 Å². The predicted octanol–water partition coefficient (Wildman–Crippen LogP) is 1.77. The Morgan fingerprint density at radius 1 is 1.11 bits per heavy atom. The molecule has 0 aliphatic carbocycles. The minimum atomic E-state index is -0.562. The zero-order valence-electron chi connectivity index (χ0n) is 12.3. The number of likely N-dealkylation sites (N-methyl/N-ethyl adjacent to an activating group) is 1. The van der Waals surface area contributed by atoms with Gasteiger partial charge in [-0.05, 0) is 19.5 Å². The SMILES string of the molecule is CCCC(CN(CC)CC)OC(=O)C=CC(=O)OC. The monoisotopic (exact) mass is 271 g/mol. The van der Waals surface area contributed by atoms with E-state index >= 15 is 0 Å². The molecular weight excluding hydrogens is 246 g/mol. The van der Waals surface area contributed by atoms with E-state index in [1.165, 1.54) is 7.11 Å². The highest BCUT2D eigenvalue weighted by Gasteiger charge is 2.15. The first-order valence-electron chi connectivity index (χ1n) is 6.76. The minimum absolute atomic E-state index is 0.139. The molecule has 0 rings (SSSR count). The van der Waals surface area contributed by atoms with Crippen molar-refractivity contribution in [1.82, 2.24) is 4.90 Å². The van der Waals surface area contributed by atoms with Crippen LogP contribution in [0.2, 0.25) is 0 Å². The van der Waals surface area contributed by atoms with Gasteiger partial charge in [0.2, 0.25) is 0 Å². The van der Waals surface area contributed by atoms with Gasteiger partial charge in [0.1, 0.15) is 6.10 Å². The van der Waals surface area contributed by atoms with E-state index in [1.807, 2.05) is 6.92 Å². The van der Waals surface area contributed by atoms with Crippen molar-refractivity contribution < 1.29 is 19.1 Å². The Hall–Kier alpha value is -1.36. The first kappa shape index (κ1) is 17.6. The summed E-state index contributed by atoms with van der Waals surface area (Å²) in [6.07, 6.45) is 3.80. The van der Waals surface area contributed by atoms with Crippen molar-refractivity contribution in [3.63, 3.8) is 0 Å². The molecule has 0 fully saturated rings. The third-order valence-corrected chi connectivity index (χ3v) is 2.81. The van der Waals surface area contributed by atoms with E-state index in [0.29, 0.717) is 0 Å². The fourth-order valence-electron chi connectivity index (χ4n) is 1.69. The molecular formula is C14H25NO4. The van der Waals surface area contributed by atoms with Gasteiger partial charge in [0.05, 0.1) is 7.11 Å². The van der Waals surface area contributed by atoms with Crippen LogP contribution < -0.4 is 0 Å². The van der Waals surface area contributed by atoms with Crippen LogP contribution in [0.1, 0.15) is 33.6 Å². The molecule has 5 heteroatoms. The summed E-state index contributed by atoms with van der Waals surface area (Å²) in [5.41, 5.74) is 0. The first-order valence-corrected chi connectivity index (χ1v) is 6.76. The summed E-state index contributed by atoms with van der Waals surface area (Å²) < 4.78 is 9.76. The zero-order chi connectivity index (χ0) is 14.7. The summed E-state index contributed by atoms with van der Waals surface area (Å²) >= 11 is 0. The molecule has 0 spiro atoms. The molecule has 0 saturated carbocycles. The number of rotatable bonds is 9. The van der Waals surface area contributed by atoms with Crippen LogP contribution in [0.15, 0.2) is 12.2 Å². The number of ether oxygens (including phenoxy) is 2. The van der Waals surface area contributed by atoms with Gasteiger partial charge in [-0.3, -0.25) is 0 Å². The van der Waals surface area contributed by atoms with Crippen molar-refractivity contribution in [2.24, 2.45) is 0 Å². The molecule has 0 amide bonds. The van der Waals surface area contributed by atoms with E-state index in [0.717, 1.165) is 44.6 Å². The molecule has 0 aromatic heterocycles. The van der Waals surface area contributed by atoms with Crippen LogP contribution in [0.25, 0.3) is 0 Å². The summed E-state index contributed by atoms with van der Waals surface area (Å²) in [6, 6.07) is 0. The molecule has 0 N–H and O–H groups in total. The summed E-state index contributed by atoms with van der Waals surface area (Å²) in [7, 11) is 1.26. The molecule has 0 aliphatic heterocycles. The normalized spacial score (nSPS) is 12.7. The van der Waals surface area contributed by atoms with Gasteiger partial charge in [-0.25, -0.2) is 9.59 Å². The molecule has 5 nitrogen and oxygen atoms in total. The lowest BCUT2D eigenvalue weighted by Gasteiger charge is -2.24. The molecule has 19 heavy (non-hydrogen) atoms. The lowest BCUT2D eigenvalue weighted by atomic mass is 10.2. The van der Waals surface area contributed by atoms with Crippen molar-refractivity contribution in [3.05, 3.63) is 12.2 Å². The van der Waals surface area contributed by atoms with Crippen LogP contribution in [0.5, 0.6) is 0 Å². The third kappa shape index (κ3) is 8.37. The van der Waals surface area contributed by atoms with Gasteiger partial charge < -0.3 is 14.4 Å². The Morgan fingerprint density at radius 3 is 2.16 bits per heavy atom. The number of nitrogens with zero attached hydrogens (tertiary/aromatic N) is 1. The smallest absolute Gasteiger partial charge is 0.331 e. The summed E-state index contributed by atoms with van der Waals surface area (Å²) in [5, 5.41) is 0. The van der Waals surface area contributed by atoms with Crippen LogP contribution in [0.4, 0.5) is 0 Å². The Bertz CT molecular complexity index is 298. The zero-order valence-corrected chi connectivity index (χ0v) is 12.3. The van der Waals surface area contributed by atoms with E-state index < -0.39 is 11.9 Å². The number of hydrogen-bond donors (Lipinski definition) is 0. The number of hydrogen-bond acceptors (Lipinski definition) is 5. The Labute approximate surface area is 115 Å². The average molecular weight is 271 g/mol. The highest BCUT2D eigenvalue weighted by molar-refractivity contribution is 5.91. The lowest BCUT2D eigenvalue weighted by Crippen LogP contribution is -2.34. The Balaban J connectivity index is 4.36. The minimum Gasteiger partial charge on any atom is -0.466 e. The highest BCUT2D eigenvalue weighted by atomic mass is 16.5. The van der Waals surface area contributed by atoms with Crippen molar-refractivity contribution in [1.29, 1.82) is 0 Å². The molecule has 0 radical (unpaired) electrons. The van der Waals surface area contributed by atoms with Gasteiger partial charge >= 0.3 is 11.9 Å². The van der Waals surface area contributed by atoms with E-state index in [2.05, 4.69) is 23.5 Å². The first-order chi connectivity index (χ1) is 9.07. The number of carbonyl (C=O) groups excluding carboxylic acids is 2. The summed E-state index contributed by atoms with van der Waals surface area (Å²) in [5.74, 6) is -1.07. The van der Waals surface area contributed by atoms with Crippen molar-refractivity contribution >= 4 is 11.9 Å². The molecule has 1 atom stereocenters. The van der Waals surface area contributed by atoms with Crippen LogP contribution in [-0.4, -0.2) is 49.7 Å². The van der Waals surface area contributed by atoms with Gasteiger partial charge in [-0.15, -0.1) is 0 Å². The largest absolute Gasteiger partial charge is 0.466 e. The maximum atomic E-state index is 11.6. The molecule has 0 aromatic carbocycles. The number of carbonyl (C=O) groups is 2. The predicted molar refractivity (Wildman–Crippen MR) is 73.7 cm³/mol. The third-order valence-electron chi connectivity index (χ3n) is 2.81. The summed E-state index contributed by atoms with van der Waals surface area (Å²) in [4.78, 5) is 24.7. The number of methoxy groups -OCH3 is 1. The molecule has 110 valence electrons. The highest BCUT2D eigenvalue weighted by Crippen LogP contribution is 2.06. The summed E-state index contributed by atoms with van der Waals surface area (Å²) in [6.45, 7) is 8.77. The lowest BCUT2D eigenvalue weighted by molar-refractivity contribution is -0.145. The van der Waals surface area contributed by atoms with Crippen molar-refractivity contribution in [3.8, 4) is 0 Å². The second kappa shape index (κ2) is 10.6. The fourth-order valence-corrected chi connectivity index (χ4v) is 1.69. The topological polar surface area (TPSA) is 55.8 Å². The second-order valence-corrected chi connectivity index (χ2v) is 4.19. The van der Waals surface area contributed by atoms with Gasteiger partial charge in [0.25, 0.3) is 0 Å². The van der Waals surface area contributed by atoms with E-state index in [-0.39, 0.29) is 6.10 Å². The molecule has 0 aliphatic rings. The van der Waals surface area contributed by atoms with E-state index in [1.54, 1.807) is 0 Å². The molecule has 0 bridgehead atoms. The fraction of sp³-hybridized carbons (Fsp3) is 0.714.